The zero-order valence-electron chi connectivity index (χ0n) is 22.4. The van der Waals surface area contributed by atoms with E-state index in [0.717, 1.165) is 46.2 Å². The average molecular weight is 539 g/mol. The smallest absolute Gasteiger partial charge is 0.336 e. The van der Waals surface area contributed by atoms with Gasteiger partial charge in [-0.3, -0.25) is 9.59 Å². The SMILES string of the molecule is Cc1cc(=O)oc2cc(NC(=O)[C@@H](C)NC(=O)c3ccc4c(c3)nc(-c3ccoc3)n4C3CCCCC3)ccc12. The Kier molecular flexibility index (Phi) is 6.71. The van der Waals surface area contributed by atoms with Crippen LogP contribution < -0.4 is 16.3 Å². The molecule has 0 saturated heterocycles. The summed E-state index contributed by atoms with van der Waals surface area (Å²) in [5.74, 6) is 0.0664. The molecule has 40 heavy (non-hydrogen) atoms. The summed E-state index contributed by atoms with van der Waals surface area (Å²) < 4.78 is 12.9. The van der Waals surface area contributed by atoms with Gasteiger partial charge in [0.25, 0.3) is 5.91 Å². The molecule has 204 valence electrons. The summed E-state index contributed by atoms with van der Waals surface area (Å²) in [6.45, 7) is 3.44. The van der Waals surface area contributed by atoms with Crippen molar-refractivity contribution in [1.82, 2.24) is 14.9 Å². The van der Waals surface area contributed by atoms with Gasteiger partial charge in [0.05, 0.1) is 22.9 Å². The average Bonchev–Trinajstić information content (AvgIpc) is 3.61. The fraction of sp³-hybridized carbons (Fsp3) is 0.290. The molecule has 3 heterocycles. The molecule has 1 fully saturated rings. The number of aryl methyl sites for hydroxylation is 1. The highest BCUT2D eigenvalue weighted by Crippen LogP contribution is 2.36. The van der Waals surface area contributed by atoms with E-state index in [2.05, 4.69) is 15.2 Å². The van der Waals surface area contributed by atoms with E-state index in [-0.39, 0.29) is 5.91 Å². The number of nitrogens with zero attached hydrogens (tertiary/aromatic N) is 2. The van der Waals surface area contributed by atoms with Crippen LogP contribution in [0.1, 0.15) is 61.0 Å². The number of nitrogens with one attached hydrogen (secondary N) is 2. The van der Waals surface area contributed by atoms with E-state index in [0.29, 0.717) is 22.9 Å². The van der Waals surface area contributed by atoms with E-state index in [1.54, 1.807) is 49.8 Å². The lowest BCUT2D eigenvalue weighted by atomic mass is 9.95. The Morgan fingerprint density at radius 2 is 1.88 bits per heavy atom. The fourth-order valence-electron chi connectivity index (χ4n) is 5.54. The third-order valence-corrected chi connectivity index (χ3v) is 7.63. The molecule has 2 aromatic carbocycles. The minimum Gasteiger partial charge on any atom is -0.472 e. The number of carbonyl (C=O) groups excluding carboxylic acids is 2. The zero-order chi connectivity index (χ0) is 27.8. The molecule has 6 rings (SSSR count). The maximum atomic E-state index is 13.1. The monoisotopic (exact) mass is 538 g/mol. The Balaban J connectivity index is 1.21. The third-order valence-electron chi connectivity index (χ3n) is 7.63. The van der Waals surface area contributed by atoms with Crippen molar-refractivity contribution in [2.75, 3.05) is 5.32 Å². The van der Waals surface area contributed by atoms with Crippen molar-refractivity contribution < 1.29 is 18.4 Å². The number of hydrogen-bond acceptors (Lipinski definition) is 6. The molecule has 2 N–H and O–H groups in total. The number of imidazole rings is 1. The Bertz CT molecular complexity index is 1780. The molecule has 0 radical (unpaired) electrons. The van der Waals surface area contributed by atoms with Gasteiger partial charge in [0.1, 0.15) is 23.7 Å². The van der Waals surface area contributed by atoms with Crippen molar-refractivity contribution in [3.05, 3.63) is 82.6 Å². The van der Waals surface area contributed by atoms with Crippen LogP contribution in [0.5, 0.6) is 0 Å². The zero-order valence-corrected chi connectivity index (χ0v) is 22.4. The molecule has 3 aromatic heterocycles. The molecule has 5 aromatic rings. The summed E-state index contributed by atoms with van der Waals surface area (Å²) in [4.78, 5) is 42.6. The molecule has 1 saturated carbocycles. The number of rotatable bonds is 6. The molecule has 9 nitrogen and oxygen atoms in total. The van der Waals surface area contributed by atoms with Gasteiger partial charge in [-0.2, -0.15) is 0 Å². The van der Waals surface area contributed by atoms with Crippen LogP contribution in [0.25, 0.3) is 33.4 Å². The molecule has 0 unspecified atom stereocenters. The molecule has 1 atom stereocenters. The second kappa shape index (κ2) is 10.5. The summed E-state index contributed by atoms with van der Waals surface area (Å²) >= 11 is 0. The normalized spacial score (nSPS) is 14.8. The van der Waals surface area contributed by atoms with E-state index >= 15 is 0 Å². The number of benzene rings is 2. The predicted molar refractivity (Wildman–Crippen MR) is 152 cm³/mol. The van der Waals surface area contributed by atoms with Crippen molar-refractivity contribution in [1.29, 1.82) is 0 Å². The van der Waals surface area contributed by atoms with Gasteiger partial charge in [0.15, 0.2) is 0 Å². The quantitative estimate of drug-likeness (QED) is 0.257. The number of amides is 2. The number of anilines is 1. The van der Waals surface area contributed by atoms with Crippen LogP contribution in [0.3, 0.4) is 0 Å². The summed E-state index contributed by atoms with van der Waals surface area (Å²) in [5, 5.41) is 6.34. The lowest BCUT2D eigenvalue weighted by Gasteiger charge is -2.25. The molecular formula is C31H30N4O5. The van der Waals surface area contributed by atoms with Crippen LogP contribution >= 0.6 is 0 Å². The Morgan fingerprint density at radius 1 is 1.05 bits per heavy atom. The summed E-state index contributed by atoms with van der Waals surface area (Å²) in [7, 11) is 0. The van der Waals surface area contributed by atoms with E-state index < -0.39 is 17.6 Å². The standard InChI is InChI=1S/C31H30N4O5/c1-18-14-28(36)40-27-16-22(9-10-24(18)27)33-30(37)19(2)32-31(38)20-8-11-26-25(15-20)34-29(21-12-13-39-17-21)35(26)23-6-4-3-5-7-23/h8-17,19,23H,3-7H2,1-2H3,(H,32,38)(H,33,37)/t19-/m1/s1. The number of hydrogen-bond donors (Lipinski definition) is 2. The minimum atomic E-state index is -0.815. The van der Waals surface area contributed by atoms with Crippen LogP contribution in [0, 0.1) is 6.92 Å². The summed E-state index contributed by atoms with van der Waals surface area (Å²) in [6.07, 6.45) is 9.13. The van der Waals surface area contributed by atoms with Gasteiger partial charge in [-0.05, 0) is 68.7 Å². The topological polar surface area (TPSA) is 119 Å². The number of carbonyl (C=O) groups is 2. The van der Waals surface area contributed by atoms with Gasteiger partial charge in [-0.1, -0.05) is 19.3 Å². The molecular weight excluding hydrogens is 508 g/mol. The van der Waals surface area contributed by atoms with E-state index in [4.69, 9.17) is 13.8 Å². The number of aromatic nitrogens is 2. The Hall–Kier alpha value is -4.66. The number of fused-ring (bicyclic) bond motifs is 2. The Labute approximate surface area is 230 Å². The molecule has 0 aliphatic heterocycles. The lowest BCUT2D eigenvalue weighted by Crippen LogP contribution is -2.41. The fourth-order valence-corrected chi connectivity index (χ4v) is 5.54. The van der Waals surface area contributed by atoms with Crippen molar-refractivity contribution in [2.24, 2.45) is 0 Å². The molecule has 0 spiro atoms. The molecule has 9 heteroatoms. The largest absolute Gasteiger partial charge is 0.472 e. The summed E-state index contributed by atoms with van der Waals surface area (Å²) in [6, 6.07) is 13.5. The van der Waals surface area contributed by atoms with Crippen molar-refractivity contribution in [3.8, 4) is 11.4 Å². The predicted octanol–water partition coefficient (Wildman–Crippen LogP) is 5.97. The molecule has 0 bridgehead atoms. The van der Waals surface area contributed by atoms with Crippen LogP contribution in [-0.2, 0) is 4.79 Å². The first-order chi connectivity index (χ1) is 19.4. The van der Waals surface area contributed by atoms with Crippen LogP contribution in [0.15, 0.2) is 74.7 Å². The highest BCUT2D eigenvalue weighted by Gasteiger charge is 2.24. The lowest BCUT2D eigenvalue weighted by molar-refractivity contribution is -0.117. The van der Waals surface area contributed by atoms with Crippen LogP contribution in [0.2, 0.25) is 0 Å². The molecule has 1 aliphatic carbocycles. The van der Waals surface area contributed by atoms with Crippen molar-refractivity contribution >= 4 is 39.5 Å². The highest BCUT2D eigenvalue weighted by molar-refractivity contribution is 6.03. The minimum absolute atomic E-state index is 0.346. The van der Waals surface area contributed by atoms with E-state index in [1.165, 1.54) is 25.3 Å². The van der Waals surface area contributed by atoms with Crippen LogP contribution in [-0.4, -0.2) is 27.4 Å². The van der Waals surface area contributed by atoms with Gasteiger partial charge in [-0.25, -0.2) is 9.78 Å². The first-order valence-electron chi connectivity index (χ1n) is 13.6. The van der Waals surface area contributed by atoms with Gasteiger partial charge >= 0.3 is 5.63 Å². The third kappa shape index (κ3) is 4.90. The first kappa shape index (κ1) is 25.6. The summed E-state index contributed by atoms with van der Waals surface area (Å²) in [5.41, 5.74) is 4.21. The van der Waals surface area contributed by atoms with Gasteiger partial charge < -0.3 is 24.0 Å². The van der Waals surface area contributed by atoms with Gasteiger partial charge in [-0.15, -0.1) is 0 Å². The Morgan fingerprint density at radius 3 is 2.65 bits per heavy atom. The molecule has 2 amide bonds. The van der Waals surface area contributed by atoms with E-state index in [1.807, 2.05) is 19.1 Å². The van der Waals surface area contributed by atoms with Crippen LogP contribution in [0.4, 0.5) is 5.69 Å². The second-order valence-corrected chi connectivity index (χ2v) is 10.5. The van der Waals surface area contributed by atoms with Gasteiger partial charge in [0, 0.05) is 34.8 Å². The number of furan rings is 1. The first-order valence-corrected chi connectivity index (χ1v) is 13.6. The molecule has 1 aliphatic rings. The maximum Gasteiger partial charge on any atom is 0.336 e. The highest BCUT2D eigenvalue weighted by atomic mass is 16.4. The van der Waals surface area contributed by atoms with Gasteiger partial charge in [0.2, 0.25) is 5.91 Å². The second-order valence-electron chi connectivity index (χ2n) is 10.5. The van der Waals surface area contributed by atoms with Crippen molar-refractivity contribution in [2.45, 2.75) is 58.0 Å². The van der Waals surface area contributed by atoms with Crippen molar-refractivity contribution in [3.63, 3.8) is 0 Å². The van der Waals surface area contributed by atoms with E-state index in [9.17, 15) is 14.4 Å². The maximum absolute atomic E-state index is 13.1.